The average Bonchev–Trinajstić information content (AvgIpc) is 2.41. The lowest BCUT2D eigenvalue weighted by molar-refractivity contribution is 0.249. The Morgan fingerprint density at radius 3 is 2.55 bits per heavy atom. The van der Waals surface area contributed by atoms with Gasteiger partial charge in [-0.2, -0.15) is 0 Å². The fourth-order valence-corrected chi connectivity index (χ4v) is 2.13. The average molecular weight is 276 g/mol. The van der Waals surface area contributed by atoms with Crippen molar-refractivity contribution in [3.63, 3.8) is 0 Å². The highest BCUT2D eigenvalue weighted by Crippen LogP contribution is 2.23. The van der Waals surface area contributed by atoms with Crippen LogP contribution in [-0.2, 0) is 6.54 Å². The predicted molar refractivity (Wildman–Crippen MR) is 77.1 cm³/mol. The maximum Gasteiger partial charge on any atom is 0.130 e. The summed E-state index contributed by atoms with van der Waals surface area (Å²) in [6.45, 7) is 2.43. The zero-order valence-electron chi connectivity index (χ0n) is 11.6. The minimum absolute atomic E-state index is 0.0861. The van der Waals surface area contributed by atoms with Crippen molar-refractivity contribution >= 4 is 5.69 Å². The van der Waals surface area contributed by atoms with E-state index < -0.39 is 11.6 Å². The van der Waals surface area contributed by atoms with Gasteiger partial charge in [0.2, 0.25) is 0 Å². The van der Waals surface area contributed by atoms with Gasteiger partial charge in [0.15, 0.2) is 0 Å². The SMILES string of the molecule is CC(c1cccc(N)c1)N(C)Cc1ccc(F)cc1F. The van der Waals surface area contributed by atoms with Crippen LogP contribution in [0.15, 0.2) is 42.5 Å². The summed E-state index contributed by atoms with van der Waals surface area (Å²) in [4.78, 5) is 1.99. The van der Waals surface area contributed by atoms with Gasteiger partial charge in [0.25, 0.3) is 0 Å². The number of hydrogen-bond acceptors (Lipinski definition) is 2. The van der Waals surface area contributed by atoms with Crippen molar-refractivity contribution in [1.82, 2.24) is 4.90 Å². The molecule has 2 N–H and O–H groups in total. The van der Waals surface area contributed by atoms with E-state index in [0.29, 0.717) is 17.8 Å². The Labute approximate surface area is 117 Å². The summed E-state index contributed by atoms with van der Waals surface area (Å²) in [5, 5.41) is 0. The molecular formula is C16H18F2N2. The van der Waals surface area contributed by atoms with Crippen LogP contribution in [-0.4, -0.2) is 11.9 Å². The molecule has 0 saturated heterocycles. The van der Waals surface area contributed by atoms with Gasteiger partial charge in [-0.1, -0.05) is 18.2 Å². The molecule has 0 bridgehead atoms. The van der Waals surface area contributed by atoms with Gasteiger partial charge < -0.3 is 5.73 Å². The van der Waals surface area contributed by atoms with Crippen LogP contribution in [0.1, 0.15) is 24.1 Å². The highest BCUT2D eigenvalue weighted by molar-refractivity contribution is 5.41. The summed E-state index contributed by atoms with van der Waals surface area (Å²) in [6, 6.07) is 11.4. The molecule has 0 radical (unpaired) electrons. The first-order valence-corrected chi connectivity index (χ1v) is 6.47. The van der Waals surface area contributed by atoms with E-state index in [0.717, 1.165) is 11.6 Å². The summed E-state index contributed by atoms with van der Waals surface area (Å²) in [7, 11) is 1.90. The van der Waals surface area contributed by atoms with Crippen molar-refractivity contribution in [2.45, 2.75) is 19.5 Å². The van der Waals surface area contributed by atoms with Crippen LogP contribution < -0.4 is 5.73 Å². The Kier molecular flexibility index (Phi) is 4.35. The molecule has 2 rings (SSSR count). The fraction of sp³-hybridized carbons (Fsp3) is 0.250. The van der Waals surface area contributed by atoms with E-state index in [2.05, 4.69) is 0 Å². The Hall–Kier alpha value is -1.94. The van der Waals surface area contributed by atoms with Crippen LogP contribution in [0.25, 0.3) is 0 Å². The molecule has 2 aromatic carbocycles. The van der Waals surface area contributed by atoms with Gasteiger partial charge in [-0.05, 0) is 37.7 Å². The number of nitrogen functional groups attached to an aromatic ring is 1. The smallest absolute Gasteiger partial charge is 0.130 e. The number of anilines is 1. The molecule has 0 aliphatic rings. The van der Waals surface area contributed by atoms with Crippen molar-refractivity contribution in [1.29, 1.82) is 0 Å². The van der Waals surface area contributed by atoms with Crippen LogP contribution in [0.3, 0.4) is 0 Å². The van der Waals surface area contributed by atoms with Crippen LogP contribution in [0.4, 0.5) is 14.5 Å². The maximum atomic E-state index is 13.7. The molecule has 0 aliphatic carbocycles. The van der Waals surface area contributed by atoms with E-state index in [9.17, 15) is 8.78 Å². The monoisotopic (exact) mass is 276 g/mol. The fourth-order valence-electron chi connectivity index (χ4n) is 2.13. The van der Waals surface area contributed by atoms with E-state index in [1.54, 1.807) is 0 Å². The molecule has 0 amide bonds. The number of nitrogens with zero attached hydrogens (tertiary/aromatic N) is 1. The van der Waals surface area contributed by atoms with E-state index in [1.165, 1.54) is 12.1 Å². The first-order valence-electron chi connectivity index (χ1n) is 6.47. The molecule has 4 heteroatoms. The summed E-state index contributed by atoms with van der Waals surface area (Å²) in [6.07, 6.45) is 0. The second kappa shape index (κ2) is 6.01. The molecule has 0 spiro atoms. The molecule has 0 fully saturated rings. The first kappa shape index (κ1) is 14.5. The summed E-state index contributed by atoms with van der Waals surface area (Å²) in [5.74, 6) is -1.07. The Morgan fingerprint density at radius 1 is 1.15 bits per heavy atom. The third-order valence-corrected chi connectivity index (χ3v) is 3.49. The van der Waals surface area contributed by atoms with Gasteiger partial charge in [-0.25, -0.2) is 8.78 Å². The van der Waals surface area contributed by atoms with Gasteiger partial charge in [0.05, 0.1) is 0 Å². The molecule has 2 aromatic rings. The van der Waals surface area contributed by atoms with Crippen molar-refractivity contribution < 1.29 is 8.78 Å². The first-order chi connectivity index (χ1) is 9.47. The topological polar surface area (TPSA) is 29.3 Å². The third-order valence-electron chi connectivity index (χ3n) is 3.49. The molecule has 1 atom stereocenters. The molecule has 0 heterocycles. The zero-order valence-corrected chi connectivity index (χ0v) is 11.6. The standard InChI is InChI=1S/C16H18F2N2/c1-11(12-4-3-5-15(19)8-12)20(2)10-13-6-7-14(17)9-16(13)18/h3-9,11H,10,19H2,1-2H3. The molecule has 20 heavy (non-hydrogen) atoms. The largest absolute Gasteiger partial charge is 0.399 e. The van der Waals surface area contributed by atoms with Crippen molar-refractivity contribution in [2.24, 2.45) is 0 Å². The highest BCUT2D eigenvalue weighted by Gasteiger charge is 2.14. The second-order valence-corrected chi connectivity index (χ2v) is 5.00. The Bertz CT molecular complexity index is 599. The number of nitrogens with two attached hydrogens (primary N) is 1. The molecule has 106 valence electrons. The second-order valence-electron chi connectivity index (χ2n) is 5.00. The minimum atomic E-state index is -0.558. The lowest BCUT2D eigenvalue weighted by Gasteiger charge is -2.25. The van der Waals surface area contributed by atoms with Crippen molar-refractivity contribution in [3.8, 4) is 0 Å². The van der Waals surface area contributed by atoms with E-state index >= 15 is 0 Å². The van der Waals surface area contributed by atoms with Crippen LogP contribution in [0, 0.1) is 11.6 Å². The number of halogens is 2. The number of hydrogen-bond donors (Lipinski definition) is 1. The zero-order chi connectivity index (χ0) is 14.7. The van der Waals surface area contributed by atoms with Crippen LogP contribution >= 0.6 is 0 Å². The minimum Gasteiger partial charge on any atom is -0.399 e. The number of benzene rings is 2. The summed E-state index contributed by atoms with van der Waals surface area (Å²) >= 11 is 0. The lowest BCUT2D eigenvalue weighted by Crippen LogP contribution is -2.22. The summed E-state index contributed by atoms with van der Waals surface area (Å²) in [5.41, 5.74) is 8.02. The number of rotatable bonds is 4. The summed E-state index contributed by atoms with van der Waals surface area (Å²) < 4.78 is 26.5. The lowest BCUT2D eigenvalue weighted by atomic mass is 10.1. The molecule has 0 aliphatic heterocycles. The molecule has 2 nitrogen and oxygen atoms in total. The van der Waals surface area contributed by atoms with Crippen LogP contribution in [0.2, 0.25) is 0 Å². The van der Waals surface area contributed by atoms with Crippen LogP contribution in [0.5, 0.6) is 0 Å². The van der Waals surface area contributed by atoms with Gasteiger partial charge in [0, 0.05) is 29.9 Å². The van der Waals surface area contributed by atoms with Crippen molar-refractivity contribution in [3.05, 3.63) is 65.2 Å². The van der Waals surface area contributed by atoms with E-state index in [4.69, 9.17) is 5.73 Å². The Morgan fingerprint density at radius 2 is 1.90 bits per heavy atom. The van der Waals surface area contributed by atoms with Gasteiger partial charge >= 0.3 is 0 Å². The third kappa shape index (κ3) is 3.33. The normalized spacial score (nSPS) is 12.7. The maximum absolute atomic E-state index is 13.7. The predicted octanol–water partition coefficient (Wildman–Crippen LogP) is 3.74. The van der Waals surface area contributed by atoms with Gasteiger partial charge in [0.1, 0.15) is 11.6 Å². The Balaban J connectivity index is 2.13. The van der Waals surface area contributed by atoms with E-state index in [1.807, 2.05) is 43.1 Å². The highest BCUT2D eigenvalue weighted by atomic mass is 19.1. The van der Waals surface area contributed by atoms with Gasteiger partial charge in [-0.3, -0.25) is 4.90 Å². The molecular weight excluding hydrogens is 258 g/mol. The van der Waals surface area contributed by atoms with E-state index in [-0.39, 0.29) is 6.04 Å². The van der Waals surface area contributed by atoms with Crippen molar-refractivity contribution in [2.75, 3.05) is 12.8 Å². The molecule has 0 aromatic heterocycles. The van der Waals surface area contributed by atoms with Gasteiger partial charge in [-0.15, -0.1) is 0 Å². The molecule has 0 saturated carbocycles. The quantitative estimate of drug-likeness (QED) is 0.862. The molecule has 1 unspecified atom stereocenters.